The molecule has 2 amide bonds. The van der Waals surface area contributed by atoms with Gasteiger partial charge >= 0.3 is 0 Å². The fraction of sp³-hybridized carbons (Fsp3) is 0.333. The molecule has 1 aliphatic rings. The Balaban J connectivity index is 1.75. The third-order valence-electron chi connectivity index (χ3n) is 4.80. The molecule has 1 aliphatic heterocycles. The molecule has 2 aromatic rings. The number of amides is 2. The summed E-state index contributed by atoms with van der Waals surface area (Å²) in [6.45, 7) is -0.267. The van der Waals surface area contributed by atoms with E-state index in [2.05, 4.69) is 5.32 Å². The lowest BCUT2D eigenvalue weighted by Gasteiger charge is -2.34. The van der Waals surface area contributed by atoms with Gasteiger partial charge in [0, 0.05) is 23.7 Å². The highest BCUT2D eigenvalue weighted by Gasteiger charge is 2.34. The van der Waals surface area contributed by atoms with E-state index in [1.54, 1.807) is 18.2 Å². The summed E-state index contributed by atoms with van der Waals surface area (Å²) in [4.78, 5) is 26.6. The molecule has 30 heavy (non-hydrogen) atoms. The first-order chi connectivity index (χ1) is 14.4. The summed E-state index contributed by atoms with van der Waals surface area (Å²) in [6, 6.07) is 7.24. The summed E-state index contributed by atoms with van der Waals surface area (Å²) in [6.07, 6.45) is 0. The molecule has 1 N–H and O–H groups in total. The van der Waals surface area contributed by atoms with Crippen molar-refractivity contribution in [2.75, 3.05) is 27.4 Å². The Kier molecular flexibility index (Phi) is 6.83. The second-order valence-electron chi connectivity index (χ2n) is 6.68. The van der Waals surface area contributed by atoms with E-state index in [9.17, 15) is 18.4 Å². The number of rotatable bonds is 7. The number of halogens is 2. The number of hydrogen-bond donors (Lipinski definition) is 1. The van der Waals surface area contributed by atoms with Gasteiger partial charge in [-0.3, -0.25) is 9.59 Å². The first-order valence-corrected chi connectivity index (χ1v) is 9.22. The number of nitrogens with one attached hydrogen (secondary N) is 1. The van der Waals surface area contributed by atoms with Crippen molar-refractivity contribution in [2.45, 2.75) is 19.1 Å². The molecule has 0 aliphatic carbocycles. The van der Waals surface area contributed by atoms with Gasteiger partial charge in [-0.05, 0) is 30.3 Å². The minimum Gasteiger partial charge on any atom is -0.497 e. The van der Waals surface area contributed by atoms with Gasteiger partial charge in [0.1, 0.15) is 35.8 Å². The number of methoxy groups -OCH3 is 2. The van der Waals surface area contributed by atoms with Crippen LogP contribution in [0, 0.1) is 11.6 Å². The molecule has 2 aromatic carbocycles. The van der Waals surface area contributed by atoms with Crippen molar-refractivity contribution in [1.29, 1.82) is 0 Å². The van der Waals surface area contributed by atoms with Gasteiger partial charge in [-0.25, -0.2) is 8.78 Å². The molecule has 0 spiro atoms. The summed E-state index contributed by atoms with van der Waals surface area (Å²) in [5.41, 5.74) is 0.692. The van der Waals surface area contributed by atoms with E-state index in [4.69, 9.17) is 14.2 Å². The van der Waals surface area contributed by atoms with Crippen LogP contribution in [0.25, 0.3) is 0 Å². The summed E-state index contributed by atoms with van der Waals surface area (Å²) < 4.78 is 42.9. The zero-order chi connectivity index (χ0) is 21.7. The van der Waals surface area contributed by atoms with Gasteiger partial charge in [0.05, 0.1) is 27.4 Å². The third kappa shape index (κ3) is 4.85. The molecule has 9 heteroatoms. The number of morpholine rings is 1. The summed E-state index contributed by atoms with van der Waals surface area (Å²) in [5.74, 6) is -1.03. The second-order valence-corrected chi connectivity index (χ2v) is 6.68. The molecular weight excluding hydrogens is 398 g/mol. The predicted octanol–water partition coefficient (Wildman–Crippen LogP) is 2.03. The number of carbonyl (C=O) groups is 2. The van der Waals surface area contributed by atoms with Gasteiger partial charge in [0.25, 0.3) is 0 Å². The summed E-state index contributed by atoms with van der Waals surface area (Å²) >= 11 is 0. The van der Waals surface area contributed by atoms with Gasteiger partial charge in [0.2, 0.25) is 11.8 Å². The van der Waals surface area contributed by atoms with Crippen LogP contribution >= 0.6 is 0 Å². The SMILES string of the molecule is COc1ccc(CN2C(=O)COC[C@H]2C(=O)NCc2cc(F)ccc2F)c(OC)c1. The molecule has 0 unspecified atom stereocenters. The highest BCUT2D eigenvalue weighted by atomic mass is 19.1. The predicted molar refractivity (Wildman–Crippen MR) is 103 cm³/mol. The van der Waals surface area contributed by atoms with E-state index in [-0.39, 0.29) is 37.8 Å². The molecule has 1 heterocycles. The van der Waals surface area contributed by atoms with Crippen LogP contribution in [-0.2, 0) is 27.4 Å². The van der Waals surface area contributed by atoms with Gasteiger partial charge in [-0.15, -0.1) is 0 Å². The fourth-order valence-corrected chi connectivity index (χ4v) is 3.17. The molecule has 1 saturated heterocycles. The molecular formula is C21H22F2N2O5. The zero-order valence-electron chi connectivity index (χ0n) is 16.6. The smallest absolute Gasteiger partial charge is 0.249 e. The maximum absolute atomic E-state index is 13.8. The van der Waals surface area contributed by atoms with E-state index in [0.717, 1.165) is 18.2 Å². The Hall–Kier alpha value is -3.20. The number of nitrogens with zero attached hydrogens (tertiary/aromatic N) is 1. The van der Waals surface area contributed by atoms with Crippen LogP contribution in [0.5, 0.6) is 11.5 Å². The molecule has 3 rings (SSSR count). The van der Waals surface area contributed by atoms with E-state index < -0.39 is 23.6 Å². The molecule has 0 aromatic heterocycles. The largest absolute Gasteiger partial charge is 0.497 e. The Labute approximate surface area is 172 Å². The van der Waals surface area contributed by atoms with Crippen molar-refractivity contribution in [2.24, 2.45) is 0 Å². The van der Waals surface area contributed by atoms with Crippen molar-refractivity contribution >= 4 is 11.8 Å². The average Bonchev–Trinajstić information content (AvgIpc) is 2.75. The van der Waals surface area contributed by atoms with Crippen LogP contribution in [0.1, 0.15) is 11.1 Å². The van der Waals surface area contributed by atoms with Crippen LogP contribution < -0.4 is 14.8 Å². The normalized spacial score (nSPS) is 16.3. The minimum atomic E-state index is -0.922. The molecule has 1 fully saturated rings. The van der Waals surface area contributed by atoms with Crippen LogP contribution in [0.15, 0.2) is 36.4 Å². The van der Waals surface area contributed by atoms with Crippen molar-refractivity contribution < 1.29 is 32.6 Å². The van der Waals surface area contributed by atoms with Crippen molar-refractivity contribution in [3.8, 4) is 11.5 Å². The van der Waals surface area contributed by atoms with Gasteiger partial charge in [-0.1, -0.05) is 0 Å². The van der Waals surface area contributed by atoms with Crippen molar-refractivity contribution in [3.63, 3.8) is 0 Å². The van der Waals surface area contributed by atoms with Crippen LogP contribution in [-0.4, -0.2) is 50.2 Å². The zero-order valence-corrected chi connectivity index (χ0v) is 16.6. The van der Waals surface area contributed by atoms with Crippen LogP contribution in [0.3, 0.4) is 0 Å². The summed E-state index contributed by atoms with van der Waals surface area (Å²) in [7, 11) is 3.03. The van der Waals surface area contributed by atoms with Crippen LogP contribution in [0.2, 0.25) is 0 Å². The van der Waals surface area contributed by atoms with E-state index in [0.29, 0.717) is 17.1 Å². The first kappa shape index (κ1) is 21.5. The van der Waals surface area contributed by atoms with Crippen molar-refractivity contribution in [1.82, 2.24) is 10.2 Å². The average molecular weight is 420 g/mol. The number of benzene rings is 2. The topological polar surface area (TPSA) is 77.1 Å². The quantitative estimate of drug-likeness (QED) is 0.742. The lowest BCUT2D eigenvalue weighted by atomic mass is 10.1. The Morgan fingerprint density at radius 1 is 1.17 bits per heavy atom. The molecule has 160 valence electrons. The number of hydrogen-bond acceptors (Lipinski definition) is 5. The maximum Gasteiger partial charge on any atom is 0.249 e. The lowest BCUT2D eigenvalue weighted by Crippen LogP contribution is -2.55. The van der Waals surface area contributed by atoms with Gasteiger partial charge in [0.15, 0.2) is 0 Å². The molecule has 1 atom stereocenters. The Morgan fingerprint density at radius 2 is 1.97 bits per heavy atom. The van der Waals surface area contributed by atoms with E-state index >= 15 is 0 Å². The monoisotopic (exact) mass is 420 g/mol. The van der Waals surface area contributed by atoms with E-state index in [1.807, 2.05) is 0 Å². The molecule has 0 bridgehead atoms. The Bertz CT molecular complexity index is 938. The highest BCUT2D eigenvalue weighted by molar-refractivity contribution is 5.89. The maximum atomic E-state index is 13.8. The fourth-order valence-electron chi connectivity index (χ4n) is 3.17. The third-order valence-corrected chi connectivity index (χ3v) is 4.80. The second kappa shape index (κ2) is 9.53. The summed E-state index contributed by atoms with van der Waals surface area (Å²) in [5, 5.41) is 2.55. The number of ether oxygens (including phenoxy) is 3. The minimum absolute atomic E-state index is 0.00905. The van der Waals surface area contributed by atoms with E-state index in [1.165, 1.54) is 19.1 Å². The highest BCUT2D eigenvalue weighted by Crippen LogP contribution is 2.27. The Morgan fingerprint density at radius 3 is 2.70 bits per heavy atom. The molecule has 0 saturated carbocycles. The van der Waals surface area contributed by atoms with Crippen LogP contribution in [0.4, 0.5) is 8.78 Å². The van der Waals surface area contributed by atoms with Gasteiger partial charge in [-0.2, -0.15) is 0 Å². The molecule has 7 nitrogen and oxygen atoms in total. The standard InChI is InChI=1S/C21H22F2N2O5/c1-28-16-5-3-13(19(8-16)29-2)10-25-18(11-30-12-20(25)26)21(27)24-9-14-7-15(22)4-6-17(14)23/h3-8,18H,9-12H2,1-2H3,(H,24,27)/t18-/m0/s1. The molecule has 0 radical (unpaired) electrons. The van der Waals surface area contributed by atoms with Crippen molar-refractivity contribution in [3.05, 3.63) is 59.2 Å². The first-order valence-electron chi connectivity index (χ1n) is 9.22. The van der Waals surface area contributed by atoms with Gasteiger partial charge < -0.3 is 24.4 Å². The number of carbonyl (C=O) groups excluding carboxylic acids is 2. The lowest BCUT2D eigenvalue weighted by molar-refractivity contribution is -0.155.